The van der Waals surface area contributed by atoms with Crippen molar-refractivity contribution in [3.05, 3.63) is 64.4 Å². The maximum atomic E-state index is 12.7. The van der Waals surface area contributed by atoms with Crippen LogP contribution in [0, 0.1) is 0 Å². The Balaban J connectivity index is 1.52. The molecular formula is C23H23N5O3. The fraction of sp³-hybridized carbons (Fsp3) is 0.304. The lowest BCUT2D eigenvalue weighted by atomic mass is 9.84. The zero-order valence-electron chi connectivity index (χ0n) is 17.2. The number of hydrogen-bond acceptors (Lipinski definition) is 5. The molecule has 4 aromatic rings. The predicted molar refractivity (Wildman–Crippen MR) is 116 cm³/mol. The number of aromatic nitrogens is 4. The van der Waals surface area contributed by atoms with Crippen molar-refractivity contribution in [3.8, 4) is 22.7 Å². The van der Waals surface area contributed by atoms with E-state index in [4.69, 9.17) is 9.40 Å². The summed E-state index contributed by atoms with van der Waals surface area (Å²) in [6.45, 7) is 0. The molecule has 5 rings (SSSR count). The number of hydrogen-bond donors (Lipinski definition) is 2. The predicted octanol–water partition coefficient (Wildman–Crippen LogP) is 3.75. The molecule has 0 unspecified atom stereocenters. The van der Waals surface area contributed by atoms with E-state index in [0.29, 0.717) is 22.8 Å². The second kappa shape index (κ2) is 7.86. The quantitative estimate of drug-likeness (QED) is 0.526. The highest BCUT2D eigenvalue weighted by atomic mass is 16.4. The second-order valence-corrected chi connectivity index (χ2v) is 7.89. The minimum Gasteiger partial charge on any atom is -0.431 e. The monoisotopic (exact) mass is 417 g/mol. The third-order valence-corrected chi connectivity index (χ3v) is 5.97. The lowest BCUT2D eigenvalue weighted by Crippen LogP contribution is -2.16. The summed E-state index contributed by atoms with van der Waals surface area (Å²) in [7, 11) is 1.52. The SMILES string of the molecule is CNC(=O)c1cnc(-c2c[nH]n3c(=O)cc(-c4ccc(C5CCCCC5)cc4)nc23)o1. The summed E-state index contributed by atoms with van der Waals surface area (Å²) >= 11 is 0. The molecule has 8 nitrogen and oxygen atoms in total. The van der Waals surface area contributed by atoms with E-state index in [-0.39, 0.29) is 23.1 Å². The highest BCUT2D eigenvalue weighted by Crippen LogP contribution is 2.33. The van der Waals surface area contributed by atoms with Gasteiger partial charge in [-0.2, -0.15) is 0 Å². The van der Waals surface area contributed by atoms with Gasteiger partial charge in [-0.3, -0.25) is 14.7 Å². The number of benzene rings is 1. The lowest BCUT2D eigenvalue weighted by molar-refractivity contribution is 0.0936. The molecule has 1 fully saturated rings. The third-order valence-electron chi connectivity index (χ3n) is 5.97. The van der Waals surface area contributed by atoms with Crippen molar-refractivity contribution < 1.29 is 9.21 Å². The summed E-state index contributed by atoms with van der Waals surface area (Å²) in [5.74, 6) is 0.560. The summed E-state index contributed by atoms with van der Waals surface area (Å²) in [6.07, 6.45) is 9.34. The van der Waals surface area contributed by atoms with Crippen LogP contribution in [-0.2, 0) is 0 Å². The van der Waals surface area contributed by atoms with Gasteiger partial charge in [0, 0.05) is 24.9 Å². The molecule has 1 saturated carbocycles. The van der Waals surface area contributed by atoms with Gasteiger partial charge in [0.1, 0.15) is 0 Å². The summed E-state index contributed by atoms with van der Waals surface area (Å²) in [4.78, 5) is 33.3. The molecule has 1 amide bonds. The van der Waals surface area contributed by atoms with Gasteiger partial charge < -0.3 is 9.73 Å². The summed E-state index contributed by atoms with van der Waals surface area (Å²) in [5.41, 5.74) is 3.48. The maximum absolute atomic E-state index is 12.7. The van der Waals surface area contributed by atoms with E-state index in [2.05, 4.69) is 27.5 Å². The highest BCUT2D eigenvalue weighted by Gasteiger charge is 2.19. The summed E-state index contributed by atoms with van der Waals surface area (Å²) < 4.78 is 6.89. The molecule has 0 saturated heterocycles. The van der Waals surface area contributed by atoms with Crippen LogP contribution in [0.5, 0.6) is 0 Å². The van der Waals surface area contributed by atoms with Gasteiger partial charge in [0.15, 0.2) is 5.65 Å². The van der Waals surface area contributed by atoms with Crippen LogP contribution in [0.2, 0.25) is 0 Å². The normalized spacial score (nSPS) is 14.7. The van der Waals surface area contributed by atoms with E-state index >= 15 is 0 Å². The van der Waals surface area contributed by atoms with Gasteiger partial charge >= 0.3 is 0 Å². The molecule has 8 heteroatoms. The fourth-order valence-corrected chi connectivity index (χ4v) is 4.28. The van der Waals surface area contributed by atoms with E-state index in [1.807, 2.05) is 12.1 Å². The first-order valence-electron chi connectivity index (χ1n) is 10.5. The number of H-pyrrole nitrogens is 1. The molecule has 31 heavy (non-hydrogen) atoms. The van der Waals surface area contributed by atoms with E-state index < -0.39 is 0 Å². The van der Waals surface area contributed by atoms with Crippen LogP contribution in [0.3, 0.4) is 0 Å². The number of nitrogens with zero attached hydrogens (tertiary/aromatic N) is 3. The smallest absolute Gasteiger partial charge is 0.288 e. The average Bonchev–Trinajstić information content (AvgIpc) is 3.47. The topological polar surface area (TPSA) is 105 Å². The van der Waals surface area contributed by atoms with Gasteiger partial charge in [-0.1, -0.05) is 43.5 Å². The van der Waals surface area contributed by atoms with Crippen LogP contribution in [0.1, 0.15) is 54.1 Å². The summed E-state index contributed by atoms with van der Waals surface area (Å²) in [6, 6.07) is 9.87. The van der Waals surface area contributed by atoms with Crippen LogP contribution in [0.15, 0.2) is 51.9 Å². The molecule has 1 aromatic carbocycles. The molecule has 0 radical (unpaired) electrons. The first-order valence-corrected chi connectivity index (χ1v) is 10.5. The van der Waals surface area contributed by atoms with E-state index in [0.717, 1.165) is 5.56 Å². The lowest BCUT2D eigenvalue weighted by Gasteiger charge is -2.22. The van der Waals surface area contributed by atoms with Gasteiger partial charge in [0.05, 0.1) is 17.5 Å². The Hall–Kier alpha value is -3.68. The first-order chi connectivity index (χ1) is 15.1. The van der Waals surface area contributed by atoms with Crippen molar-refractivity contribution >= 4 is 11.6 Å². The molecule has 2 N–H and O–H groups in total. The number of amides is 1. The molecule has 158 valence electrons. The van der Waals surface area contributed by atoms with E-state index in [9.17, 15) is 9.59 Å². The van der Waals surface area contributed by atoms with E-state index in [1.54, 1.807) is 6.20 Å². The van der Waals surface area contributed by atoms with Gasteiger partial charge in [0.25, 0.3) is 11.5 Å². The van der Waals surface area contributed by atoms with Crippen LogP contribution in [0.25, 0.3) is 28.4 Å². The second-order valence-electron chi connectivity index (χ2n) is 7.89. The van der Waals surface area contributed by atoms with Crippen molar-refractivity contribution in [2.24, 2.45) is 0 Å². The van der Waals surface area contributed by atoms with Gasteiger partial charge in [-0.25, -0.2) is 14.5 Å². The standard InChI is InChI=1S/C23H23N5O3/c1-24-22(30)19-13-25-23(31-19)17-12-26-28-20(29)11-18(27-21(17)28)16-9-7-15(8-10-16)14-5-3-2-4-6-14/h7-14,26H,2-6H2,1H3,(H,24,30). The largest absolute Gasteiger partial charge is 0.431 e. The summed E-state index contributed by atoms with van der Waals surface area (Å²) in [5, 5.41) is 5.37. The molecular weight excluding hydrogens is 394 g/mol. The van der Waals surface area contributed by atoms with Crippen molar-refractivity contribution in [2.45, 2.75) is 38.0 Å². The van der Waals surface area contributed by atoms with Crippen molar-refractivity contribution in [2.75, 3.05) is 7.05 Å². The Bertz CT molecular complexity index is 1290. The maximum Gasteiger partial charge on any atom is 0.288 e. The number of rotatable bonds is 4. The molecule has 0 bridgehead atoms. The molecule has 3 heterocycles. The number of carbonyl (C=O) groups is 1. The molecule has 1 aliphatic rings. The van der Waals surface area contributed by atoms with Crippen LogP contribution < -0.4 is 10.9 Å². The van der Waals surface area contributed by atoms with Gasteiger partial charge in [-0.05, 0) is 24.3 Å². The first kappa shape index (κ1) is 19.3. The highest BCUT2D eigenvalue weighted by molar-refractivity contribution is 5.91. The third kappa shape index (κ3) is 3.54. The van der Waals surface area contributed by atoms with E-state index in [1.165, 1.54) is 61.5 Å². The van der Waals surface area contributed by atoms with Crippen molar-refractivity contribution in [3.63, 3.8) is 0 Å². The molecule has 3 aromatic heterocycles. The minimum atomic E-state index is -0.373. The van der Waals surface area contributed by atoms with Crippen molar-refractivity contribution in [1.82, 2.24) is 24.9 Å². The molecule has 1 aliphatic carbocycles. The average molecular weight is 417 g/mol. The fourth-order valence-electron chi connectivity index (χ4n) is 4.28. The minimum absolute atomic E-state index is 0.0913. The number of carbonyl (C=O) groups excluding carboxylic acids is 1. The Morgan fingerprint density at radius 2 is 1.97 bits per heavy atom. The van der Waals surface area contributed by atoms with Gasteiger partial charge in [0.2, 0.25) is 11.7 Å². The van der Waals surface area contributed by atoms with Crippen LogP contribution in [0.4, 0.5) is 0 Å². The Kier molecular flexibility index (Phi) is 4.89. The Morgan fingerprint density at radius 1 is 1.19 bits per heavy atom. The Labute approximate surface area is 178 Å². The molecule has 0 aliphatic heterocycles. The number of aromatic amines is 1. The molecule has 0 atom stereocenters. The van der Waals surface area contributed by atoms with Gasteiger partial charge in [-0.15, -0.1) is 0 Å². The van der Waals surface area contributed by atoms with Crippen LogP contribution in [-0.4, -0.2) is 32.5 Å². The number of fused-ring (bicyclic) bond motifs is 1. The number of oxazole rings is 1. The zero-order valence-corrected chi connectivity index (χ0v) is 17.2. The Morgan fingerprint density at radius 3 is 2.71 bits per heavy atom. The molecule has 0 spiro atoms. The zero-order chi connectivity index (χ0) is 21.4. The van der Waals surface area contributed by atoms with Crippen molar-refractivity contribution in [1.29, 1.82) is 0 Å². The number of nitrogens with one attached hydrogen (secondary N) is 2. The van der Waals surface area contributed by atoms with Crippen LogP contribution >= 0.6 is 0 Å².